The summed E-state index contributed by atoms with van der Waals surface area (Å²) < 4.78 is 4.71. The molecule has 13 heavy (non-hydrogen) atoms. The minimum absolute atomic E-state index is 0.583. The van der Waals surface area contributed by atoms with Gasteiger partial charge in [-0.1, -0.05) is 0 Å². The van der Waals surface area contributed by atoms with E-state index in [0.29, 0.717) is 6.10 Å². The van der Waals surface area contributed by atoms with E-state index >= 15 is 0 Å². The fourth-order valence-corrected chi connectivity index (χ4v) is 0.196. The van der Waals surface area contributed by atoms with Gasteiger partial charge >= 0.3 is 0 Å². The molecule has 0 aromatic rings. The first-order chi connectivity index (χ1) is 6.22. The van der Waals surface area contributed by atoms with Gasteiger partial charge in [0.1, 0.15) is 0 Å². The highest BCUT2D eigenvalue weighted by atomic mass is 16.6. The molecule has 1 aliphatic rings. The lowest BCUT2D eigenvalue weighted by Gasteiger charge is -1.50. The Morgan fingerprint density at radius 1 is 1.23 bits per heavy atom. The van der Waals surface area contributed by atoms with Gasteiger partial charge in [0.2, 0.25) is 6.08 Å². The molecule has 1 heterocycles. The lowest BCUT2D eigenvalue weighted by molar-refractivity contribution is 0.423. The molecule has 0 aromatic heterocycles. The van der Waals surface area contributed by atoms with Crippen molar-refractivity contribution in [2.75, 3.05) is 27.7 Å². The van der Waals surface area contributed by atoms with Gasteiger partial charge in [0.05, 0.1) is 18.7 Å². The molecule has 1 fully saturated rings. The Morgan fingerprint density at radius 2 is 1.54 bits per heavy atom. The van der Waals surface area contributed by atoms with E-state index in [4.69, 9.17) is 9.53 Å². The maximum atomic E-state index is 8.88. The largest absolute Gasteiger partial charge is 0.373 e. The van der Waals surface area contributed by atoms with Crippen molar-refractivity contribution in [1.29, 1.82) is 0 Å². The van der Waals surface area contributed by atoms with E-state index in [1.165, 1.54) is 13.1 Å². The van der Waals surface area contributed by atoms with Crippen LogP contribution in [0.25, 0.3) is 0 Å². The van der Waals surface area contributed by atoms with Crippen LogP contribution in [0.4, 0.5) is 0 Å². The Bertz CT molecular complexity index is 193. The maximum absolute atomic E-state index is 8.88. The van der Waals surface area contributed by atoms with E-state index in [-0.39, 0.29) is 0 Å². The van der Waals surface area contributed by atoms with Crippen LogP contribution in [0.15, 0.2) is 15.0 Å². The van der Waals surface area contributed by atoms with Gasteiger partial charge in [-0.25, -0.2) is 19.8 Å². The molecule has 74 valence electrons. The molecule has 0 N–H and O–H groups in total. The summed E-state index contributed by atoms with van der Waals surface area (Å²) in [6, 6.07) is 2.36. The number of hydrogen-bond donors (Lipinski definition) is 0. The van der Waals surface area contributed by atoms with Crippen molar-refractivity contribution in [2.24, 2.45) is 15.0 Å². The number of aliphatic imine (C=N–C) groups is 3. The first kappa shape index (κ1) is 14.3. The van der Waals surface area contributed by atoms with Crippen molar-refractivity contribution in [3.63, 3.8) is 0 Å². The first-order valence-electron chi connectivity index (χ1n) is 3.73. The Labute approximate surface area is 78.3 Å². The molecule has 1 saturated heterocycles. The van der Waals surface area contributed by atoms with Crippen LogP contribution in [0.3, 0.4) is 0 Å². The van der Waals surface area contributed by atoms with Crippen molar-refractivity contribution in [3.05, 3.63) is 0 Å². The van der Waals surface area contributed by atoms with Crippen molar-refractivity contribution >= 4 is 12.1 Å². The van der Waals surface area contributed by atoms with Crippen LogP contribution in [0, 0.1) is 0 Å². The van der Waals surface area contributed by atoms with Crippen LogP contribution in [-0.4, -0.2) is 45.9 Å². The Morgan fingerprint density at radius 3 is 1.54 bits per heavy atom. The van der Waals surface area contributed by atoms with Crippen LogP contribution in [0.1, 0.15) is 6.92 Å². The minimum atomic E-state index is 0.583. The van der Waals surface area contributed by atoms with Crippen LogP contribution >= 0.6 is 0 Å². The predicted octanol–water partition coefficient (Wildman–Crippen LogP) is 0.777. The number of nitrogens with zero attached hydrogens (tertiary/aromatic N) is 3. The van der Waals surface area contributed by atoms with Crippen LogP contribution < -0.4 is 0 Å². The molecule has 0 amide bonds. The highest BCUT2D eigenvalue weighted by molar-refractivity contribution is 5.39. The third kappa shape index (κ3) is 36.6. The highest BCUT2D eigenvalue weighted by Gasteiger charge is 2.13. The van der Waals surface area contributed by atoms with Crippen LogP contribution in [0.2, 0.25) is 0 Å². The van der Waals surface area contributed by atoms with E-state index in [0.717, 1.165) is 6.61 Å². The van der Waals surface area contributed by atoms with E-state index in [9.17, 15) is 0 Å². The van der Waals surface area contributed by atoms with Gasteiger partial charge in [-0.15, -0.1) is 0 Å². The molecule has 0 saturated carbocycles. The smallest absolute Gasteiger partial charge is 0.234 e. The average Bonchev–Trinajstić information content (AvgIpc) is 2.91. The summed E-state index contributed by atoms with van der Waals surface area (Å²) >= 11 is 0. The highest BCUT2D eigenvalue weighted by Crippen LogP contribution is 2.04. The third-order valence-electron chi connectivity index (χ3n) is 0.791. The van der Waals surface area contributed by atoms with E-state index in [1.807, 2.05) is 0 Å². The Balaban J connectivity index is 0. The molecule has 0 aliphatic carbocycles. The summed E-state index contributed by atoms with van der Waals surface area (Å²) in [5, 5.41) is 0. The summed E-state index contributed by atoms with van der Waals surface area (Å²) in [5.74, 6) is 0. The van der Waals surface area contributed by atoms with Gasteiger partial charge < -0.3 is 4.74 Å². The zero-order chi connectivity index (χ0) is 10.5. The standard InChI is InChI=1S/C3H6N2.C3H6O.C2H3NO/c1-4-3-5-2;1-3-2-4-3;1-3-2-4/h1-2H3;3H,2H2,1H3;1H3. The first-order valence-corrected chi connectivity index (χ1v) is 3.73. The number of ether oxygens (including phenoxy) is 1. The Hall–Kier alpha value is -1.28. The molecular weight excluding hydrogens is 170 g/mol. The number of carbonyl (C=O) groups excluding carboxylic acids is 1. The monoisotopic (exact) mass is 185 g/mol. The maximum Gasteiger partial charge on any atom is 0.234 e. The number of epoxide rings is 1. The fraction of sp³-hybridized carbons (Fsp3) is 0.750. The fourth-order valence-electron chi connectivity index (χ4n) is 0.196. The zero-order valence-electron chi connectivity index (χ0n) is 8.44. The number of rotatable bonds is 0. The molecule has 5 heteroatoms. The summed E-state index contributed by atoms with van der Waals surface area (Å²) in [5.41, 5.74) is 0. The molecule has 0 spiro atoms. The molecule has 1 aliphatic heterocycles. The van der Waals surface area contributed by atoms with Crippen molar-refractivity contribution < 1.29 is 9.53 Å². The number of isocyanates is 1. The second-order valence-electron chi connectivity index (χ2n) is 2.01. The van der Waals surface area contributed by atoms with Gasteiger partial charge in [-0.2, -0.15) is 0 Å². The second-order valence-corrected chi connectivity index (χ2v) is 2.01. The summed E-state index contributed by atoms with van der Waals surface area (Å²) in [7, 11) is 4.65. The quantitative estimate of drug-likeness (QED) is 0.318. The predicted molar refractivity (Wildman–Crippen MR) is 51.2 cm³/mol. The molecule has 0 aromatic carbocycles. The normalized spacial score (nSPS) is 15.5. The molecule has 1 rings (SSSR count). The lowest BCUT2D eigenvalue weighted by atomic mass is 10.6. The molecule has 0 bridgehead atoms. The molecule has 1 atom stereocenters. The van der Waals surface area contributed by atoms with Crippen molar-refractivity contribution in [2.45, 2.75) is 13.0 Å². The van der Waals surface area contributed by atoms with Gasteiger partial charge in [0.25, 0.3) is 0 Å². The SMILES string of the molecule is CC1CO1.CN=C=NC.CN=C=O. The average molecular weight is 185 g/mol. The summed E-state index contributed by atoms with van der Waals surface area (Å²) in [4.78, 5) is 18.7. The minimum Gasteiger partial charge on any atom is -0.373 e. The van der Waals surface area contributed by atoms with Crippen molar-refractivity contribution in [3.8, 4) is 0 Å². The van der Waals surface area contributed by atoms with Crippen LogP contribution in [0.5, 0.6) is 0 Å². The van der Waals surface area contributed by atoms with E-state index in [1.54, 1.807) is 14.1 Å². The van der Waals surface area contributed by atoms with Gasteiger partial charge in [0.15, 0.2) is 0 Å². The van der Waals surface area contributed by atoms with E-state index in [2.05, 4.69) is 27.9 Å². The van der Waals surface area contributed by atoms with Crippen LogP contribution in [-0.2, 0) is 9.53 Å². The topological polar surface area (TPSA) is 66.7 Å². The molecule has 1 unspecified atom stereocenters. The summed E-state index contributed by atoms with van der Waals surface area (Å²) in [6.45, 7) is 3.04. The van der Waals surface area contributed by atoms with Gasteiger partial charge in [-0.05, 0) is 6.92 Å². The van der Waals surface area contributed by atoms with Crippen molar-refractivity contribution in [1.82, 2.24) is 0 Å². The molecular formula is C8H15N3O2. The van der Waals surface area contributed by atoms with E-state index < -0.39 is 0 Å². The summed E-state index contributed by atoms with van der Waals surface area (Å²) in [6.07, 6.45) is 1.89. The lowest BCUT2D eigenvalue weighted by Crippen LogP contribution is -1.60. The Kier molecular flexibility index (Phi) is 14.6. The molecule has 5 nitrogen and oxygen atoms in total. The zero-order valence-corrected chi connectivity index (χ0v) is 8.44. The molecule has 0 radical (unpaired) electrons. The van der Waals surface area contributed by atoms with Gasteiger partial charge in [0, 0.05) is 21.1 Å². The third-order valence-corrected chi connectivity index (χ3v) is 0.791. The number of hydrogen-bond acceptors (Lipinski definition) is 5. The second kappa shape index (κ2) is 13.3. The van der Waals surface area contributed by atoms with Gasteiger partial charge in [-0.3, -0.25) is 0 Å².